The van der Waals surface area contributed by atoms with Crippen LogP contribution in [0.4, 0.5) is 0 Å². The molecule has 108 valence electrons. The lowest BCUT2D eigenvalue weighted by Crippen LogP contribution is -2.08. The van der Waals surface area contributed by atoms with Gasteiger partial charge < -0.3 is 0 Å². The topological polar surface area (TPSA) is 0 Å². The molecule has 0 saturated carbocycles. The van der Waals surface area contributed by atoms with Gasteiger partial charge in [0.25, 0.3) is 0 Å². The summed E-state index contributed by atoms with van der Waals surface area (Å²) < 4.78 is 0. The van der Waals surface area contributed by atoms with Crippen molar-refractivity contribution in [3.8, 4) is 11.8 Å². The number of benzene rings is 2. The third-order valence-corrected chi connectivity index (χ3v) is 3.40. The zero-order valence-electron chi connectivity index (χ0n) is 13.5. The maximum atomic E-state index is 3.24. The predicted molar refractivity (Wildman–Crippen MR) is 91.4 cm³/mol. The molecule has 21 heavy (non-hydrogen) atoms. The van der Waals surface area contributed by atoms with E-state index in [0.29, 0.717) is 5.41 Å². The lowest BCUT2D eigenvalue weighted by molar-refractivity contribution is 0.411. The van der Waals surface area contributed by atoms with Crippen molar-refractivity contribution < 1.29 is 0 Å². The fraction of sp³-hybridized carbons (Fsp3) is 0.333. The van der Waals surface area contributed by atoms with E-state index in [1.54, 1.807) is 0 Å². The summed E-state index contributed by atoms with van der Waals surface area (Å²) in [4.78, 5) is 0. The highest BCUT2D eigenvalue weighted by Gasteiger charge is 2.10. The average Bonchev–Trinajstić information content (AvgIpc) is 2.45. The zero-order valence-corrected chi connectivity index (χ0v) is 13.5. The van der Waals surface area contributed by atoms with Crippen molar-refractivity contribution in [1.82, 2.24) is 0 Å². The van der Waals surface area contributed by atoms with Crippen LogP contribution in [0.15, 0.2) is 48.5 Å². The minimum absolute atomic E-state index is 0.328. The Bertz CT molecular complexity index is 626. The number of hydrogen-bond donors (Lipinski definition) is 0. The van der Waals surface area contributed by atoms with Crippen LogP contribution in [-0.4, -0.2) is 0 Å². The molecule has 0 unspecified atom stereocenters. The molecule has 0 saturated heterocycles. The molecule has 0 spiro atoms. The molecule has 0 aliphatic rings. The SMILES string of the molecule is CCc1ccc(C#Cc2ccc(CC(C)(C)C)cc2)cc1. The molecule has 0 aliphatic heterocycles. The van der Waals surface area contributed by atoms with Gasteiger partial charge in [-0.2, -0.15) is 0 Å². The van der Waals surface area contributed by atoms with Gasteiger partial charge in [-0.05, 0) is 53.6 Å². The molecular weight excluding hydrogens is 252 g/mol. The van der Waals surface area contributed by atoms with Crippen LogP contribution in [0.5, 0.6) is 0 Å². The van der Waals surface area contributed by atoms with Crippen molar-refractivity contribution in [3.05, 3.63) is 70.8 Å². The largest absolute Gasteiger partial charge is 0.0617 e. The first-order valence-corrected chi connectivity index (χ1v) is 7.66. The van der Waals surface area contributed by atoms with Crippen LogP contribution in [0, 0.1) is 17.3 Å². The lowest BCUT2D eigenvalue weighted by atomic mass is 9.88. The van der Waals surface area contributed by atoms with Crippen molar-refractivity contribution >= 4 is 0 Å². The van der Waals surface area contributed by atoms with Gasteiger partial charge in [0, 0.05) is 11.1 Å². The highest BCUT2D eigenvalue weighted by atomic mass is 14.2. The Kier molecular flexibility index (Phi) is 4.86. The van der Waals surface area contributed by atoms with Crippen LogP contribution in [0.2, 0.25) is 0 Å². The summed E-state index contributed by atoms with van der Waals surface area (Å²) >= 11 is 0. The van der Waals surface area contributed by atoms with E-state index >= 15 is 0 Å². The Morgan fingerprint density at radius 3 is 1.52 bits per heavy atom. The molecule has 0 aliphatic carbocycles. The maximum Gasteiger partial charge on any atom is 0.0249 e. The Morgan fingerprint density at radius 1 is 0.714 bits per heavy atom. The Hall–Kier alpha value is -2.00. The maximum absolute atomic E-state index is 3.24. The van der Waals surface area contributed by atoms with Crippen LogP contribution >= 0.6 is 0 Å². The number of hydrogen-bond acceptors (Lipinski definition) is 0. The molecule has 0 fully saturated rings. The van der Waals surface area contributed by atoms with Crippen LogP contribution in [-0.2, 0) is 12.8 Å². The van der Waals surface area contributed by atoms with Crippen LogP contribution < -0.4 is 0 Å². The van der Waals surface area contributed by atoms with Gasteiger partial charge in [0.1, 0.15) is 0 Å². The number of rotatable bonds is 2. The van der Waals surface area contributed by atoms with E-state index in [1.165, 1.54) is 11.1 Å². The van der Waals surface area contributed by atoms with Crippen LogP contribution in [0.3, 0.4) is 0 Å². The summed E-state index contributed by atoms with van der Waals surface area (Å²) in [6, 6.07) is 17.1. The summed E-state index contributed by atoms with van der Waals surface area (Å²) in [5, 5.41) is 0. The molecule has 0 atom stereocenters. The van der Waals surface area contributed by atoms with Crippen molar-refractivity contribution in [3.63, 3.8) is 0 Å². The molecule has 0 heterocycles. The van der Waals surface area contributed by atoms with E-state index in [2.05, 4.69) is 88.1 Å². The van der Waals surface area contributed by atoms with Crippen molar-refractivity contribution in [1.29, 1.82) is 0 Å². The first-order chi connectivity index (χ1) is 9.96. The molecule has 0 bridgehead atoms. The average molecular weight is 276 g/mol. The number of aryl methyl sites for hydroxylation is 1. The molecule has 0 amide bonds. The van der Waals surface area contributed by atoms with Gasteiger partial charge in [-0.25, -0.2) is 0 Å². The normalized spacial score (nSPS) is 10.9. The second-order valence-electron chi connectivity index (χ2n) is 6.73. The summed E-state index contributed by atoms with van der Waals surface area (Å²) in [5.74, 6) is 6.47. The fourth-order valence-electron chi connectivity index (χ4n) is 2.29. The van der Waals surface area contributed by atoms with E-state index < -0.39 is 0 Å². The van der Waals surface area contributed by atoms with Gasteiger partial charge >= 0.3 is 0 Å². The van der Waals surface area contributed by atoms with E-state index in [9.17, 15) is 0 Å². The van der Waals surface area contributed by atoms with Crippen molar-refractivity contribution in [2.45, 2.75) is 40.5 Å². The molecule has 2 aromatic rings. The molecule has 2 rings (SSSR count). The smallest absolute Gasteiger partial charge is 0.0249 e. The van der Waals surface area contributed by atoms with Gasteiger partial charge in [0.15, 0.2) is 0 Å². The molecular formula is C21H24. The van der Waals surface area contributed by atoms with Gasteiger partial charge in [0.2, 0.25) is 0 Å². The molecule has 2 aromatic carbocycles. The van der Waals surface area contributed by atoms with E-state index in [-0.39, 0.29) is 0 Å². The second-order valence-corrected chi connectivity index (χ2v) is 6.73. The van der Waals surface area contributed by atoms with Crippen molar-refractivity contribution in [2.24, 2.45) is 5.41 Å². The highest BCUT2D eigenvalue weighted by Crippen LogP contribution is 2.20. The summed E-state index contributed by atoms with van der Waals surface area (Å²) in [6.45, 7) is 8.96. The first kappa shape index (κ1) is 15.4. The third kappa shape index (κ3) is 5.12. The highest BCUT2D eigenvalue weighted by molar-refractivity contribution is 5.44. The molecule has 0 aromatic heterocycles. The van der Waals surface area contributed by atoms with Crippen molar-refractivity contribution in [2.75, 3.05) is 0 Å². The summed E-state index contributed by atoms with van der Waals surface area (Å²) in [7, 11) is 0. The minimum Gasteiger partial charge on any atom is -0.0617 e. The van der Waals surface area contributed by atoms with Crippen LogP contribution in [0.25, 0.3) is 0 Å². The van der Waals surface area contributed by atoms with E-state index in [4.69, 9.17) is 0 Å². The van der Waals surface area contributed by atoms with Gasteiger partial charge in [-0.15, -0.1) is 0 Å². The molecule has 0 heteroatoms. The third-order valence-electron chi connectivity index (χ3n) is 3.40. The first-order valence-electron chi connectivity index (χ1n) is 7.66. The Balaban J connectivity index is 2.08. The fourth-order valence-corrected chi connectivity index (χ4v) is 2.29. The second kappa shape index (κ2) is 6.64. The quantitative estimate of drug-likeness (QED) is 0.658. The van der Waals surface area contributed by atoms with E-state index in [1.807, 2.05) is 0 Å². The lowest BCUT2D eigenvalue weighted by Gasteiger charge is -2.17. The Labute approximate surface area is 129 Å². The Morgan fingerprint density at radius 2 is 1.14 bits per heavy atom. The molecule has 0 radical (unpaired) electrons. The van der Waals surface area contributed by atoms with Gasteiger partial charge in [0.05, 0.1) is 0 Å². The van der Waals surface area contributed by atoms with Gasteiger partial charge in [-0.3, -0.25) is 0 Å². The van der Waals surface area contributed by atoms with Gasteiger partial charge in [-0.1, -0.05) is 63.8 Å². The summed E-state index contributed by atoms with van der Waals surface area (Å²) in [6.07, 6.45) is 2.17. The zero-order chi connectivity index (χ0) is 15.3. The van der Waals surface area contributed by atoms with Crippen LogP contribution in [0.1, 0.15) is 49.9 Å². The summed E-state index contributed by atoms with van der Waals surface area (Å²) in [5.41, 5.74) is 5.21. The van der Waals surface area contributed by atoms with E-state index in [0.717, 1.165) is 24.0 Å². The molecule has 0 nitrogen and oxygen atoms in total. The standard InChI is InChI=1S/C21H24/c1-5-17-6-8-18(9-7-17)10-11-19-12-14-20(15-13-19)16-21(2,3)4/h6-9,12-15H,5,16H2,1-4H3. The predicted octanol–water partition coefficient (Wildman–Crippen LogP) is 5.24. The minimum atomic E-state index is 0.328. The monoisotopic (exact) mass is 276 g/mol. The molecule has 0 N–H and O–H groups in total.